The Morgan fingerprint density at radius 1 is 2.00 bits per heavy atom. The monoisotopic (exact) mass is 222 g/mol. The summed E-state index contributed by atoms with van der Waals surface area (Å²) in [5, 5.41) is 0. The van der Waals surface area contributed by atoms with Crippen molar-refractivity contribution in [3.63, 3.8) is 0 Å². The average molecular weight is 222 g/mol. The molecule has 1 unspecified atom stereocenters. The lowest BCUT2D eigenvalue weighted by atomic mass is 10.4. The van der Waals surface area contributed by atoms with Gasteiger partial charge in [-0.15, -0.1) is 0 Å². The van der Waals surface area contributed by atoms with Crippen LogP contribution in [0.5, 0.6) is 0 Å². The molecular formula is C4H5BIP. The second-order valence-electron chi connectivity index (χ2n) is 1.22. The Kier molecular flexibility index (Phi) is 4.44. The van der Waals surface area contributed by atoms with Gasteiger partial charge in [-0.25, -0.2) is 0 Å². The molecule has 0 aromatic heterocycles. The van der Waals surface area contributed by atoms with Crippen LogP contribution in [0.4, 0.5) is 0 Å². The summed E-state index contributed by atoms with van der Waals surface area (Å²) in [5.41, 5.74) is 0.289. The van der Waals surface area contributed by atoms with Gasteiger partial charge in [0.05, 0.1) is 0 Å². The third-order valence-corrected chi connectivity index (χ3v) is 2.09. The van der Waals surface area contributed by atoms with E-state index in [-0.39, 0.29) is 0 Å². The molecule has 0 aliphatic carbocycles. The van der Waals surface area contributed by atoms with E-state index in [0.717, 1.165) is 6.16 Å². The minimum atomic E-state index is -0.394. The quantitative estimate of drug-likeness (QED) is 0.381. The highest BCUT2D eigenvalue weighted by Crippen LogP contribution is 2.40. The highest BCUT2D eigenvalue weighted by molar-refractivity contribution is 14.2. The van der Waals surface area contributed by atoms with Crippen LogP contribution in [0, 0.1) is 6.92 Å². The van der Waals surface area contributed by atoms with Gasteiger partial charge in [0.15, 0.2) is 0 Å². The second-order valence-corrected chi connectivity index (χ2v) is 6.05. The lowest BCUT2D eigenvalue weighted by Crippen LogP contribution is -1.76. The molecule has 0 bridgehead atoms. The van der Waals surface area contributed by atoms with Crippen LogP contribution in [0.3, 0.4) is 0 Å². The van der Waals surface area contributed by atoms with Crippen LogP contribution in [-0.2, 0) is 0 Å². The smallest absolute Gasteiger partial charge is 0.0992 e. The molecule has 0 rings (SSSR count). The van der Waals surface area contributed by atoms with Crippen molar-refractivity contribution in [1.82, 2.24) is 0 Å². The zero-order valence-corrected chi connectivity index (χ0v) is 6.95. The molecule has 0 heterocycles. The van der Waals surface area contributed by atoms with Crippen molar-refractivity contribution in [3.8, 4) is 0 Å². The fourth-order valence-electron chi connectivity index (χ4n) is 0.194. The summed E-state index contributed by atoms with van der Waals surface area (Å²) in [6, 6.07) is 0. The predicted molar refractivity (Wildman–Crippen MR) is 45.0 cm³/mol. The van der Waals surface area contributed by atoms with Gasteiger partial charge in [0.2, 0.25) is 0 Å². The van der Waals surface area contributed by atoms with Crippen LogP contribution in [0.15, 0.2) is 12.2 Å². The van der Waals surface area contributed by atoms with E-state index in [1.54, 1.807) is 0 Å². The molecule has 0 aromatic rings. The molecule has 3 heteroatoms. The molecule has 0 spiro atoms. The predicted octanol–water partition coefficient (Wildman–Crippen LogP) is 2.17. The molecule has 4 radical (unpaired) electrons. The molecule has 0 amide bonds. The summed E-state index contributed by atoms with van der Waals surface area (Å²) in [5.74, 6) is 0. The molecule has 0 nitrogen and oxygen atoms in total. The van der Waals surface area contributed by atoms with Crippen molar-refractivity contribution in [2.45, 2.75) is 0 Å². The highest BCUT2D eigenvalue weighted by atomic mass is 127. The van der Waals surface area contributed by atoms with Crippen LogP contribution in [0.1, 0.15) is 0 Å². The van der Waals surface area contributed by atoms with Crippen molar-refractivity contribution in [2.75, 3.05) is 6.16 Å². The molecule has 0 N–H and O–H groups in total. The first-order chi connectivity index (χ1) is 3.13. The number of hydrogen-bond acceptors (Lipinski definition) is 0. The molecule has 0 aliphatic rings. The maximum absolute atomic E-state index is 5.40. The molecule has 7 heavy (non-hydrogen) atoms. The Labute approximate surface area is 60.4 Å². The van der Waals surface area contributed by atoms with Gasteiger partial charge in [0, 0.05) is 0 Å². The molecule has 0 aromatic carbocycles. The first-order valence-corrected chi connectivity index (χ1v) is 6.12. The minimum absolute atomic E-state index is 0.394. The summed E-state index contributed by atoms with van der Waals surface area (Å²) >= 11 is 2.16. The van der Waals surface area contributed by atoms with Crippen LogP contribution in [-0.4, -0.2) is 13.7 Å². The van der Waals surface area contributed by atoms with Crippen molar-refractivity contribution >= 4 is 35.0 Å². The number of hydrogen-bond donors (Lipinski definition) is 0. The van der Waals surface area contributed by atoms with E-state index in [4.69, 9.17) is 14.5 Å². The summed E-state index contributed by atoms with van der Waals surface area (Å²) < 4.78 is 0. The summed E-state index contributed by atoms with van der Waals surface area (Å²) in [4.78, 5) is 0. The Morgan fingerprint density at radius 2 is 2.43 bits per heavy atom. The summed E-state index contributed by atoms with van der Waals surface area (Å²) in [7, 11) is 5.40. The first kappa shape index (κ1) is 7.96. The van der Waals surface area contributed by atoms with Gasteiger partial charge in [0.1, 0.15) is 7.57 Å². The van der Waals surface area contributed by atoms with Crippen molar-refractivity contribution in [1.29, 1.82) is 0 Å². The number of rotatable bonds is 2. The Hall–Kier alpha value is 0.965. The van der Waals surface area contributed by atoms with Gasteiger partial charge < -0.3 is 0 Å². The Balaban J connectivity index is 3.13. The maximum atomic E-state index is 5.40. The Morgan fingerprint density at radius 3 is 2.43 bits per heavy atom. The second kappa shape index (κ2) is 3.91. The van der Waals surface area contributed by atoms with Crippen LogP contribution < -0.4 is 0 Å². The minimum Gasteiger partial charge on any atom is -0.0992 e. The molecule has 0 saturated carbocycles. The topological polar surface area (TPSA) is 0 Å². The standard InChI is InChI=1S/C4H5BIP/c1-4(2)3-7(5)6/h1H,2-3H2. The normalized spacial score (nSPS) is 13.4. The largest absolute Gasteiger partial charge is 0.123 e. The molecule has 36 valence electrons. The highest BCUT2D eigenvalue weighted by Gasteiger charge is 1.91. The zero-order valence-electron chi connectivity index (χ0n) is 3.89. The van der Waals surface area contributed by atoms with Gasteiger partial charge in [-0.2, -0.15) is 0 Å². The van der Waals surface area contributed by atoms with Crippen LogP contribution in [0.2, 0.25) is 0 Å². The van der Waals surface area contributed by atoms with Gasteiger partial charge >= 0.3 is 0 Å². The van der Waals surface area contributed by atoms with E-state index in [2.05, 4.69) is 28.6 Å². The maximum Gasteiger partial charge on any atom is 0.123 e. The molecular weight excluding hydrogens is 217 g/mol. The third kappa shape index (κ3) is 6.96. The van der Waals surface area contributed by atoms with Crippen molar-refractivity contribution < 1.29 is 0 Å². The zero-order chi connectivity index (χ0) is 5.86. The molecule has 0 fully saturated rings. The third-order valence-electron chi connectivity index (χ3n) is 0.354. The summed E-state index contributed by atoms with van der Waals surface area (Å²) in [6.45, 7) is 8.73. The van der Waals surface area contributed by atoms with Crippen LogP contribution in [0.25, 0.3) is 0 Å². The van der Waals surface area contributed by atoms with E-state index in [1.807, 2.05) is 0 Å². The van der Waals surface area contributed by atoms with E-state index in [9.17, 15) is 0 Å². The van der Waals surface area contributed by atoms with Gasteiger partial charge in [-0.05, 0) is 13.1 Å². The van der Waals surface area contributed by atoms with E-state index >= 15 is 0 Å². The van der Waals surface area contributed by atoms with E-state index in [0.29, 0.717) is 5.57 Å². The summed E-state index contributed by atoms with van der Waals surface area (Å²) in [6.07, 6.45) is 0.774. The molecule has 1 atom stereocenters. The fraction of sp³-hybridized carbons (Fsp3) is 0.250. The average Bonchev–Trinajstić information content (AvgIpc) is 1.27. The van der Waals surface area contributed by atoms with Gasteiger partial charge in [-0.3, -0.25) is 0 Å². The Bertz CT molecular complexity index is 72.1. The lowest BCUT2D eigenvalue weighted by Gasteiger charge is -1.99. The SMILES string of the molecule is [B]P(I)CC([CH])=C. The van der Waals surface area contributed by atoms with E-state index < -0.39 is 5.44 Å². The number of halogens is 1. The van der Waals surface area contributed by atoms with Crippen molar-refractivity contribution in [2.24, 2.45) is 0 Å². The number of allylic oxidation sites excluding steroid dienone is 1. The first-order valence-electron chi connectivity index (χ1n) is 1.74. The van der Waals surface area contributed by atoms with Gasteiger partial charge in [0.25, 0.3) is 0 Å². The fourth-order valence-corrected chi connectivity index (χ4v) is 1.90. The van der Waals surface area contributed by atoms with E-state index in [1.165, 1.54) is 0 Å². The van der Waals surface area contributed by atoms with Crippen LogP contribution >= 0.6 is 27.5 Å². The van der Waals surface area contributed by atoms with Gasteiger partial charge in [-0.1, -0.05) is 39.6 Å². The lowest BCUT2D eigenvalue weighted by molar-refractivity contribution is 1.60. The molecule has 0 saturated heterocycles. The van der Waals surface area contributed by atoms with Crippen molar-refractivity contribution in [3.05, 3.63) is 19.1 Å². The molecule has 0 aliphatic heterocycles.